The molecule has 6 nitrogen and oxygen atoms in total. The smallest absolute Gasteiger partial charge is 0.234 e. The number of hydrogen-bond acceptors (Lipinski definition) is 5. The fourth-order valence-electron chi connectivity index (χ4n) is 3.91. The number of rotatable bonds is 8. The molecular formula is C24H27ClN4O2S. The largest absolute Gasteiger partial charge is 0.486 e. The number of thioether (sulfide) groups is 1. The lowest BCUT2D eigenvalue weighted by molar-refractivity contribution is -0.113. The molecule has 1 amide bonds. The van der Waals surface area contributed by atoms with Crippen LogP contribution in [0, 0.1) is 6.92 Å². The SMILES string of the molecule is Cc1cc(OCc2nnc(SCC(=O)Nc3ccccc3)n2C2CCCCC2)ccc1Cl. The van der Waals surface area contributed by atoms with Crippen LogP contribution in [0.2, 0.25) is 5.02 Å². The molecule has 168 valence electrons. The van der Waals surface area contributed by atoms with Crippen molar-refractivity contribution in [1.29, 1.82) is 0 Å². The van der Waals surface area contributed by atoms with Crippen molar-refractivity contribution in [3.05, 3.63) is 64.9 Å². The first-order chi connectivity index (χ1) is 15.6. The van der Waals surface area contributed by atoms with Crippen molar-refractivity contribution in [2.24, 2.45) is 0 Å². The first-order valence-corrected chi connectivity index (χ1v) is 12.3. The van der Waals surface area contributed by atoms with Crippen LogP contribution in [0.3, 0.4) is 0 Å². The molecule has 0 atom stereocenters. The summed E-state index contributed by atoms with van der Waals surface area (Å²) in [5.41, 5.74) is 1.76. The number of carbonyl (C=O) groups excluding carboxylic acids is 1. The second-order valence-corrected chi connectivity index (χ2v) is 9.31. The second kappa shape index (κ2) is 10.9. The highest BCUT2D eigenvalue weighted by atomic mass is 35.5. The van der Waals surface area contributed by atoms with Gasteiger partial charge >= 0.3 is 0 Å². The van der Waals surface area contributed by atoms with E-state index in [9.17, 15) is 4.79 Å². The quantitative estimate of drug-likeness (QED) is 0.405. The number of anilines is 1. The Morgan fingerprint density at radius 3 is 2.69 bits per heavy atom. The average Bonchev–Trinajstić information content (AvgIpc) is 3.22. The Morgan fingerprint density at radius 2 is 1.94 bits per heavy atom. The zero-order valence-electron chi connectivity index (χ0n) is 18.1. The van der Waals surface area contributed by atoms with Gasteiger partial charge in [-0.25, -0.2) is 0 Å². The third-order valence-corrected chi connectivity index (χ3v) is 6.93. The molecule has 1 aliphatic rings. The Hall–Kier alpha value is -2.51. The van der Waals surface area contributed by atoms with Crippen LogP contribution in [0.5, 0.6) is 5.75 Å². The number of nitrogens with one attached hydrogen (secondary N) is 1. The molecule has 0 aliphatic heterocycles. The zero-order valence-corrected chi connectivity index (χ0v) is 19.7. The van der Waals surface area contributed by atoms with Crippen LogP contribution in [0.4, 0.5) is 5.69 Å². The van der Waals surface area contributed by atoms with Crippen molar-refractivity contribution in [3.63, 3.8) is 0 Å². The molecule has 8 heteroatoms. The molecule has 0 saturated heterocycles. The summed E-state index contributed by atoms with van der Waals surface area (Å²) in [6, 6.07) is 15.4. The number of amides is 1. The van der Waals surface area contributed by atoms with Crippen LogP contribution in [0.15, 0.2) is 53.7 Å². The Labute approximate surface area is 197 Å². The van der Waals surface area contributed by atoms with Crippen molar-refractivity contribution < 1.29 is 9.53 Å². The summed E-state index contributed by atoms with van der Waals surface area (Å²) in [6.45, 7) is 2.27. The molecule has 1 heterocycles. The van der Waals surface area contributed by atoms with Gasteiger partial charge < -0.3 is 10.1 Å². The number of benzene rings is 2. The molecule has 1 fully saturated rings. The van der Waals surface area contributed by atoms with Gasteiger partial charge in [-0.3, -0.25) is 9.36 Å². The molecule has 1 aliphatic carbocycles. The molecule has 0 bridgehead atoms. The minimum Gasteiger partial charge on any atom is -0.486 e. The molecule has 1 saturated carbocycles. The number of carbonyl (C=O) groups is 1. The Bertz CT molecular complexity index is 1050. The molecule has 3 aromatic rings. The minimum absolute atomic E-state index is 0.0613. The molecule has 1 aromatic heterocycles. The number of nitrogens with zero attached hydrogens (tertiary/aromatic N) is 3. The monoisotopic (exact) mass is 470 g/mol. The summed E-state index contributed by atoms with van der Waals surface area (Å²) in [4.78, 5) is 12.4. The average molecular weight is 471 g/mol. The number of aryl methyl sites for hydroxylation is 1. The van der Waals surface area contributed by atoms with Crippen LogP contribution in [0.1, 0.15) is 49.5 Å². The summed E-state index contributed by atoms with van der Waals surface area (Å²) in [6.07, 6.45) is 5.83. The fraction of sp³-hybridized carbons (Fsp3) is 0.375. The van der Waals surface area contributed by atoms with E-state index in [0.29, 0.717) is 12.6 Å². The van der Waals surface area contributed by atoms with Gasteiger partial charge in [0.15, 0.2) is 11.0 Å². The van der Waals surface area contributed by atoms with E-state index >= 15 is 0 Å². The standard InChI is InChI=1S/C24H27ClN4O2S/c1-17-14-20(12-13-21(17)25)31-15-22-27-28-24(29(22)19-10-6-3-7-11-19)32-16-23(30)26-18-8-4-2-5-9-18/h2,4-5,8-9,12-14,19H,3,6-7,10-11,15-16H2,1H3,(H,26,30). The van der Waals surface area contributed by atoms with E-state index in [4.69, 9.17) is 16.3 Å². The lowest BCUT2D eigenvalue weighted by Crippen LogP contribution is -2.19. The number of ether oxygens (including phenoxy) is 1. The fourth-order valence-corrected chi connectivity index (χ4v) is 4.86. The molecule has 4 rings (SSSR count). The van der Waals surface area contributed by atoms with Gasteiger partial charge in [0.2, 0.25) is 5.91 Å². The van der Waals surface area contributed by atoms with E-state index in [0.717, 1.165) is 45.8 Å². The van der Waals surface area contributed by atoms with Crippen molar-refractivity contribution in [1.82, 2.24) is 14.8 Å². The van der Waals surface area contributed by atoms with Crippen LogP contribution in [-0.4, -0.2) is 26.4 Å². The van der Waals surface area contributed by atoms with Crippen molar-refractivity contribution in [2.75, 3.05) is 11.1 Å². The number of aromatic nitrogens is 3. The Kier molecular flexibility index (Phi) is 7.71. The van der Waals surface area contributed by atoms with Crippen molar-refractivity contribution in [3.8, 4) is 5.75 Å². The molecule has 0 radical (unpaired) electrons. The predicted molar refractivity (Wildman–Crippen MR) is 128 cm³/mol. The normalized spacial score (nSPS) is 14.3. The van der Waals surface area contributed by atoms with E-state index < -0.39 is 0 Å². The summed E-state index contributed by atoms with van der Waals surface area (Å²) >= 11 is 7.54. The van der Waals surface area contributed by atoms with Gasteiger partial charge in [0.25, 0.3) is 0 Å². The first-order valence-electron chi connectivity index (χ1n) is 10.9. The van der Waals surface area contributed by atoms with Gasteiger partial charge in [0, 0.05) is 16.8 Å². The van der Waals surface area contributed by atoms with Gasteiger partial charge in [0.1, 0.15) is 12.4 Å². The van der Waals surface area contributed by atoms with Crippen LogP contribution < -0.4 is 10.1 Å². The summed E-state index contributed by atoms with van der Waals surface area (Å²) in [7, 11) is 0. The summed E-state index contributed by atoms with van der Waals surface area (Å²) < 4.78 is 8.19. The Morgan fingerprint density at radius 1 is 1.16 bits per heavy atom. The van der Waals surface area contributed by atoms with E-state index in [-0.39, 0.29) is 11.7 Å². The summed E-state index contributed by atoms with van der Waals surface area (Å²) in [5, 5.41) is 13.2. The highest BCUT2D eigenvalue weighted by Gasteiger charge is 2.24. The second-order valence-electron chi connectivity index (χ2n) is 7.96. The molecule has 2 aromatic carbocycles. The molecule has 0 unspecified atom stereocenters. The lowest BCUT2D eigenvalue weighted by atomic mass is 9.95. The van der Waals surface area contributed by atoms with Crippen LogP contribution in [-0.2, 0) is 11.4 Å². The van der Waals surface area contributed by atoms with Crippen molar-refractivity contribution in [2.45, 2.75) is 56.8 Å². The van der Waals surface area contributed by atoms with E-state index in [2.05, 4.69) is 20.1 Å². The van der Waals surface area contributed by atoms with Gasteiger partial charge in [-0.05, 0) is 55.7 Å². The van der Waals surface area contributed by atoms with E-state index in [1.165, 1.54) is 31.0 Å². The third kappa shape index (κ3) is 5.84. The van der Waals surface area contributed by atoms with Gasteiger partial charge in [-0.1, -0.05) is 60.8 Å². The highest BCUT2D eigenvalue weighted by Crippen LogP contribution is 2.33. The van der Waals surface area contributed by atoms with Gasteiger partial charge in [-0.2, -0.15) is 0 Å². The van der Waals surface area contributed by atoms with Gasteiger partial charge in [0.05, 0.1) is 5.75 Å². The molecular weight excluding hydrogens is 444 g/mol. The highest BCUT2D eigenvalue weighted by molar-refractivity contribution is 7.99. The van der Waals surface area contributed by atoms with E-state index in [1.54, 1.807) is 0 Å². The molecule has 0 spiro atoms. The topological polar surface area (TPSA) is 69.0 Å². The lowest BCUT2D eigenvalue weighted by Gasteiger charge is -2.25. The zero-order chi connectivity index (χ0) is 22.3. The molecule has 1 N–H and O–H groups in total. The molecule has 32 heavy (non-hydrogen) atoms. The maximum Gasteiger partial charge on any atom is 0.234 e. The maximum absolute atomic E-state index is 12.4. The number of hydrogen-bond donors (Lipinski definition) is 1. The summed E-state index contributed by atoms with van der Waals surface area (Å²) in [5.74, 6) is 1.75. The van der Waals surface area contributed by atoms with Gasteiger partial charge in [-0.15, -0.1) is 10.2 Å². The van der Waals surface area contributed by atoms with E-state index in [1.807, 2.05) is 55.5 Å². The maximum atomic E-state index is 12.4. The number of halogens is 1. The Balaban J connectivity index is 1.45. The number of para-hydroxylation sites is 1. The third-order valence-electron chi connectivity index (χ3n) is 5.56. The van der Waals surface area contributed by atoms with Crippen molar-refractivity contribution >= 4 is 35.0 Å². The first kappa shape index (κ1) is 22.7. The predicted octanol–water partition coefficient (Wildman–Crippen LogP) is 6.05. The van der Waals surface area contributed by atoms with Crippen LogP contribution in [0.25, 0.3) is 0 Å². The minimum atomic E-state index is -0.0613. The van der Waals surface area contributed by atoms with Crippen LogP contribution >= 0.6 is 23.4 Å².